The van der Waals surface area contributed by atoms with Crippen LogP contribution in [0.5, 0.6) is 0 Å². The van der Waals surface area contributed by atoms with Crippen LogP contribution in [0.2, 0.25) is 0 Å². The van der Waals surface area contributed by atoms with Gasteiger partial charge in [0, 0.05) is 32.9 Å². The van der Waals surface area contributed by atoms with Gasteiger partial charge >= 0.3 is 0 Å². The van der Waals surface area contributed by atoms with Crippen molar-refractivity contribution in [1.29, 1.82) is 0 Å². The topological polar surface area (TPSA) is 93.9 Å². The highest BCUT2D eigenvalue weighted by Crippen LogP contribution is 2.37. The van der Waals surface area contributed by atoms with E-state index in [1.807, 2.05) is 0 Å². The number of rotatable bonds is 10. The van der Waals surface area contributed by atoms with Crippen molar-refractivity contribution >= 4 is 17.5 Å². The number of carbonyl (C=O) groups is 3. The van der Waals surface area contributed by atoms with E-state index in [4.69, 9.17) is 0 Å². The molecular weight excluding hydrogens is 363 g/mol. The van der Waals surface area contributed by atoms with Crippen molar-refractivity contribution in [1.82, 2.24) is 20.3 Å². The van der Waals surface area contributed by atoms with Crippen molar-refractivity contribution in [3.8, 4) is 0 Å². The molecule has 2 rings (SSSR count). The summed E-state index contributed by atoms with van der Waals surface area (Å²) in [6.07, 6.45) is 5.67. The first-order chi connectivity index (χ1) is 13.4. The van der Waals surface area contributed by atoms with E-state index in [0.29, 0.717) is 57.2 Å². The molecule has 0 fully saturated rings. The van der Waals surface area contributed by atoms with Gasteiger partial charge in [-0.1, -0.05) is 11.6 Å². The largest absolute Gasteiger partial charge is 0.359 e. The fourth-order valence-corrected chi connectivity index (χ4v) is 3.67. The van der Waals surface area contributed by atoms with Crippen molar-refractivity contribution in [2.24, 2.45) is 0 Å². The number of nitrogens with zero attached hydrogens (tertiary/aromatic N) is 3. The Bertz CT molecular complexity index is 704. The molecule has 0 saturated carbocycles. The summed E-state index contributed by atoms with van der Waals surface area (Å²) < 4.78 is 17.6. The summed E-state index contributed by atoms with van der Waals surface area (Å²) in [5, 5.41) is 10.7. The number of carbonyl (C=O) groups excluding carboxylic acids is 3. The zero-order chi connectivity index (χ0) is 20.6. The van der Waals surface area contributed by atoms with Gasteiger partial charge in [0.2, 0.25) is 11.6 Å². The summed E-state index contributed by atoms with van der Waals surface area (Å²) in [5.74, 6) is -0.442. The first-order valence-electron chi connectivity index (χ1n) is 10.2. The van der Waals surface area contributed by atoms with E-state index in [1.54, 1.807) is 18.7 Å². The van der Waals surface area contributed by atoms with Crippen LogP contribution < -0.4 is 5.32 Å². The summed E-state index contributed by atoms with van der Waals surface area (Å²) in [4.78, 5) is 35.2. The molecule has 1 aromatic heterocycles. The predicted molar refractivity (Wildman–Crippen MR) is 102 cm³/mol. The van der Waals surface area contributed by atoms with E-state index >= 15 is 4.39 Å². The molecular formula is C20H31FN4O3. The lowest BCUT2D eigenvalue weighted by Crippen LogP contribution is -2.34. The maximum Gasteiger partial charge on any atom is 0.219 e. The highest BCUT2D eigenvalue weighted by molar-refractivity contribution is 5.88. The van der Waals surface area contributed by atoms with Gasteiger partial charge in [0.15, 0.2) is 5.78 Å². The predicted octanol–water partition coefficient (Wildman–Crippen LogP) is 2.80. The second kappa shape index (κ2) is 10.4. The Hall–Kier alpha value is -2.12. The molecule has 0 radical (unpaired) electrons. The van der Waals surface area contributed by atoms with Crippen LogP contribution in [0.4, 0.5) is 4.39 Å². The Labute approximate surface area is 165 Å². The third-order valence-corrected chi connectivity index (χ3v) is 5.33. The zero-order valence-corrected chi connectivity index (χ0v) is 16.9. The molecule has 0 bridgehead atoms. The number of fused-ring (bicyclic) bond motifs is 1. The van der Waals surface area contributed by atoms with Crippen LogP contribution in [0, 0.1) is 0 Å². The second-order valence-electron chi connectivity index (χ2n) is 7.58. The van der Waals surface area contributed by atoms with Crippen LogP contribution in [0.25, 0.3) is 0 Å². The standard InChI is InChI=1S/C20H31FN4O3/c1-15(26)9-8-14-25-16-10-4-3-7-13-20(21,19(16)23-24-25)17(27)11-5-6-12-18(28)22-2/h3-14H2,1-2H3,(H,22,28). The number of amides is 1. The average Bonchev–Trinajstić information content (AvgIpc) is 3.05. The van der Waals surface area contributed by atoms with Crippen molar-refractivity contribution in [2.75, 3.05) is 7.05 Å². The number of unbranched alkanes of at least 4 members (excludes halogenated alkanes) is 1. The summed E-state index contributed by atoms with van der Waals surface area (Å²) in [6, 6.07) is 0. The Morgan fingerprint density at radius 2 is 1.86 bits per heavy atom. The maximum atomic E-state index is 15.9. The number of ketones is 2. The number of Topliss-reactive ketones (excluding diaryl/α,β-unsaturated/α-hetero) is 2. The van der Waals surface area contributed by atoms with E-state index < -0.39 is 11.5 Å². The second-order valence-corrected chi connectivity index (χ2v) is 7.58. The van der Waals surface area contributed by atoms with Gasteiger partial charge in [-0.3, -0.25) is 9.59 Å². The molecule has 1 heterocycles. The van der Waals surface area contributed by atoms with Gasteiger partial charge in [-0.15, -0.1) is 5.10 Å². The lowest BCUT2D eigenvalue weighted by Gasteiger charge is -2.25. The molecule has 1 aliphatic rings. The summed E-state index contributed by atoms with van der Waals surface area (Å²) >= 11 is 0. The van der Waals surface area contributed by atoms with Crippen molar-refractivity contribution in [3.05, 3.63) is 11.4 Å². The number of aryl methyl sites for hydroxylation is 1. The quantitative estimate of drug-likeness (QED) is 0.616. The summed E-state index contributed by atoms with van der Waals surface area (Å²) in [6.45, 7) is 2.04. The normalized spacial score (nSPS) is 19.4. The van der Waals surface area contributed by atoms with E-state index in [-0.39, 0.29) is 30.2 Å². The molecule has 1 aliphatic carbocycles. The maximum absolute atomic E-state index is 15.9. The summed E-state index contributed by atoms with van der Waals surface area (Å²) in [7, 11) is 1.57. The Kier molecular flexibility index (Phi) is 8.26. The van der Waals surface area contributed by atoms with Gasteiger partial charge in [0.05, 0.1) is 5.69 Å². The van der Waals surface area contributed by atoms with Gasteiger partial charge in [-0.2, -0.15) is 0 Å². The number of nitrogens with one attached hydrogen (secondary N) is 1. The molecule has 0 saturated heterocycles. The smallest absolute Gasteiger partial charge is 0.219 e. The number of aromatic nitrogens is 3. The minimum atomic E-state index is -2.11. The molecule has 1 atom stereocenters. The fourth-order valence-electron chi connectivity index (χ4n) is 3.67. The number of hydrogen-bond acceptors (Lipinski definition) is 5. The van der Waals surface area contributed by atoms with Crippen LogP contribution >= 0.6 is 0 Å². The van der Waals surface area contributed by atoms with Crippen molar-refractivity contribution in [3.63, 3.8) is 0 Å². The number of hydrogen-bond donors (Lipinski definition) is 1. The highest BCUT2D eigenvalue weighted by atomic mass is 19.1. The molecule has 1 amide bonds. The first-order valence-corrected chi connectivity index (χ1v) is 10.2. The molecule has 1 N–H and O–H groups in total. The minimum absolute atomic E-state index is 0.0795. The van der Waals surface area contributed by atoms with Gasteiger partial charge < -0.3 is 10.1 Å². The van der Waals surface area contributed by atoms with Gasteiger partial charge in [0.1, 0.15) is 11.5 Å². The zero-order valence-electron chi connectivity index (χ0n) is 16.9. The van der Waals surface area contributed by atoms with Crippen molar-refractivity contribution < 1.29 is 18.8 Å². The third kappa shape index (κ3) is 5.69. The van der Waals surface area contributed by atoms with Gasteiger partial charge in [-0.05, 0) is 51.9 Å². The van der Waals surface area contributed by atoms with E-state index in [9.17, 15) is 14.4 Å². The molecule has 8 heteroatoms. The van der Waals surface area contributed by atoms with Crippen LogP contribution in [-0.2, 0) is 33.0 Å². The fraction of sp³-hybridized carbons (Fsp3) is 0.750. The monoisotopic (exact) mass is 394 g/mol. The Morgan fingerprint density at radius 3 is 2.57 bits per heavy atom. The van der Waals surface area contributed by atoms with Crippen LogP contribution in [0.1, 0.15) is 82.5 Å². The molecule has 0 aliphatic heterocycles. The van der Waals surface area contributed by atoms with Gasteiger partial charge in [-0.25, -0.2) is 9.07 Å². The van der Waals surface area contributed by atoms with Crippen LogP contribution in [0.3, 0.4) is 0 Å². The molecule has 28 heavy (non-hydrogen) atoms. The van der Waals surface area contributed by atoms with E-state index in [2.05, 4.69) is 15.6 Å². The molecule has 7 nitrogen and oxygen atoms in total. The molecule has 1 unspecified atom stereocenters. The average molecular weight is 394 g/mol. The highest BCUT2D eigenvalue weighted by Gasteiger charge is 2.44. The SMILES string of the molecule is CNC(=O)CCCCC(=O)C1(F)CCCCCc2c1nnn2CCCC(C)=O. The summed E-state index contributed by atoms with van der Waals surface area (Å²) in [5.41, 5.74) is -1.27. The Balaban J connectivity index is 2.10. The lowest BCUT2D eigenvalue weighted by atomic mass is 9.84. The number of alkyl halides is 1. The van der Waals surface area contributed by atoms with E-state index in [1.165, 1.54) is 0 Å². The van der Waals surface area contributed by atoms with Crippen molar-refractivity contribution in [2.45, 2.75) is 89.8 Å². The molecule has 1 aromatic rings. The molecule has 0 aromatic carbocycles. The third-order valence-electron chi connectivity index (χ3n) is 5.33. The molecule has 156 valence electrons. The van der Waals surface area contributed by atoms with E-state index in [0.717, 1.165) is 12.8 Å². The number of halogens is 1. The minimum Gasteiger partial charge on any atom is -0.359 e. The Morgan fingerprint density at radius 1 is 1.11 bits per heavy atom. The first kappa shape index (κ1) is 22.2. The molecule has 0 spiro atoms. The van der Waals surface area contributed by atoms with Gasteiger partial charge in [0.25, 0.3) is 0 Å². The van der Waals surface area contributed by atoms with Crippen LogP contribution in [0.15, 0.2) is 0 Å². The lowest BCUT2D eigenvalue weighted by molar-refractivity contribution is -0.132. The van der Waals surface area contributed by atoms with Crippen LogP contribution in [-0.4, -0.2) is 39.5 Å².